The van der Waals surface area contributed by atoms with Crippen LogP contribution in [0.4, 0.5) is 5.13 Å². The van der Waals surface area contributed by atoms with Crippen LogP contribution >= 0.6 is 11.3 Å². The molecule has 1 amide bonds. The van der Waals surface area contributed by atoms with E-state index < -0.39 is 5.41 Å². The van der Waals surface area contributed by atoms with Gasteiger partial charge in [-0.15, -0.1) is 0 Å². The monoisotopic (exact) mass is 438 g/mol. The van der Waals surface area contributed by atoms with Crippen LogP contribution in [0.15, 0.2) is 42.6 Å². The van der Waals surface area contributed by atoms with Crippen LogP contribution in [-0.4, -0.2) is 41.5 Å². The number of hydrogen-bond acceptors (Lipinski definition) is 7. The highest BCUT2D eigenvalue weighted by atomic mass is 32.1. The highest BCUT2D eigenvalue weighted by Crippen LogP contribution is 2.35. The molecule has 1 aliphatic rings. The first-order valence-corrected chi connectivity index (χ1v) is 11.2. The number of aromatic nitrogens is 2. The van der Waals surface area contributed by atoms with E-state index in [4.69, 9.17) is 4.74 Å². The molecule has 0 aliphatic carbocycles. The summed E-state index contributed by atoms with van der Waals surface area (Å²) in [7, 11) is 1.39. The first kappa shape index (κ1) is 21.2. The van der Waals surface area contributed by atoms with Crippen molar-refractivity contribution in [3.05, 3.63) is 53.7 Å². The maximum absolute atomic E-state index is 12.9. The number of ether oxygens (including phenoxy) is 1. The van der Waals surface area contributed by atoms with Gasteiger partial charge in [0, 0.05) is 19.3 Å². The molecular formula is C23H26N4O3S. The molecule has 3 heterocycles. The van der Waals surface area contributed by atoms with Gasteiger partial charge in [-0.25, -0.2) is 4.98 Å². The molecule has 8 heteroatoms. The fourth-order valence-electron chi connectivity index (χ4n) is 3.82. The minimum Gasteiger partial charge on any atom is -0.468 e. The fraction of sp³-hybridized carbons (Fsp3) is 0.391. The van der Waals surface area contributed by atoms with Gasteiger partial charge in [-0.2, -0.15) is 4.98 Å². The summed E-state index contributed by atoms with van der Waals surface area (Å²) < 4.78 is 5.82. The van der Waals surface area contributed by atoms with Crippen molar-refractivity contribution in [3.8, 4) is 0 Å². The summed E-state index contributed by atoms with van der Waals surface area (Å²) in [5, 5.41) is 3.84. The molecule has 31 heavy (non-hydrogen) atoms. The van der Waals surface area contributed by atoms with Crippen molar-refractivity contribution in [1.29, 1.82) is 0 Å². The van der Waals surface area contributed by atoms with Crippen molar-refractivity contribution in [2.24, 2.45) is 0 Å². The van der Waals surface area contributed by atoms with E-state index in [0.29, 0.717) is 12.2 Å². The van der Waals surface area contributed by atoms with Gasteiger partial charge in [0.1, 0.15) is 6.04 Å². The third kappa shape index (κ3) is 4.25. The van der Waals surface area contributed by atoms with Gasteiger partial charge in [-0.3, -0.25) is 9.59 Å². The molecule has 1 saturated heterocycles. The van der Waals surface area contributed by atoms with Crippen LogP contribution in [0.5, 0.6) is 0 Å². The zero-order valence-electron chi connectivity index (χ0n) is 17.9. The average Bonchev–Trinajstić information content (AvgIpc) is 3.43. The van der Waals surface area contributed by atoms with E-state index in [1.54, 1.807) is 6.20 Å². The van der Waals surface area contributed by atoms with Crippen LogP contribution in [0.25, 0.3) is 10.3 Å². The maximum atomic E-state index is 12.9. The van der Waals surface area contributed by atoms with Gasteiger partial charge in [-0.1, -0.05) is 41.7 Å². The number of fused-ring (bicyclic) bond motifs is 1. The lowest BCUT2D eigenvalue weighted by Crippen LogP contribution is -2.43. The Hall–Kier alpha value is -3.00. The minimum atomic E-state index is -0.798. The Bertz CT molecular complexity index is 1100. The average molecular weight is 439 g/mol. The molecule has 1 N–H and O–H groups in total. The molecule has 1 aliphatic heterocycles. The Morgan fingerprint density at radius 3 is 2.81 bits per heavy atom. The summed E-state index contributed by atoms with van der Waals surface area (Å²) in [6, 6.07) is 11.6. The molecule has 1 aromatic carbocycles. The number of methoxy groups -OCH3 is 1. The van der Waals surface area contributed by atoms with Crippen molar-refractivity contribution < 1.29 is 14.3 Å². The van der Waals surface area contributed by atoms with Gasteiger partial charge in [0.05, 0.1) is 17.2 Å². The topological polar surface area (TPSA) is 84.4 Å². The van der Waals surface area contributed by atoms with Gasteiger partial charge in [-0.05, 0) is 43.9 Å². The zero-order chi connectivity index (χ0) is 22.0. The molecule has 4 rings (SSSR count). The van der Waals surface area contributed by atoms with Crippen molar-refractivity contribution in [2.75, 3.05) is 18.6 Å². The lowest BCUT2D eigenvalue weighted by atomic mass is 9.86. The quantitative estimate of drug-likeness (QED) is 0.594. The Morgan fingerprint density at radius 2 is 2.06 bits per heavy atom. The molecule has 0 radical (unpaired) electrons. The number of carbonyl (C=O) groups is 2. The summed E-state index contributed by atoms with van der Waals surface area (Å²) in [6.07, 6.45) is 3.41. The summed E-state index contributed by atoms with van der Waals surface area (Å²) in [4.78, 5) is 36.2. The molecule has 0 spiro atoms. The maximum Gasteiger partial charge on any atom is 0.315 e. The van der Waals surface area contributed by atoms with Crippen LogP contribution in [0.1, 0.15) is 37.8 Å². The number of hydrogen-bond donors (Lipinski definition) is 1. The van der Waals surface area contributed by atoms with Crippen LogP contribution in [0.3, 0.4) is 0 Å². The standard InChI is InChI=1S/C23H26N4O3S/c1-23(2,21(29)30-3)16-12-18-19(24-14-16)26-22(31-18)27-11-7-10-17(27)20(28)25-13-15-8-5-4-6-9-15/h4-6,8-9,12,14,17H,7,10-11,13H2,1-3H3,(H,25,28)/t17-/m1/s1. The van der Waals surface area contributed by atoms with E-state index in [1.807, 2.05) is 50.2 Å². The van der Waals surface area contributed by atoms with Gasteiger partial charge >= 0.3 is 5.97 Å². The smallest absolute Gasteiger partial charge is 0.315 e. The van der Waals surface area contributed by atoms with E-state index in [9.17, 15) is 9.59 Å². The molecule has 1 fully saturated rings. The van der Waals surface area contributed by atoms with Crippen LogP contribution in [0, 0.1) is 0 Å². The third-order valence-electron chi connectivity index (χ3n) is 5.76. The molecule has 0 bridgehead atoms. The number of thiazole rings is 1. The number of amides is 1. The second kappa shape index (κ2) is 8.63. The number of pyridine rings is 1. The number of esters is 1. The fourth-order valence-corrected chi connectivity index (χ4v) is 4.86. The molecule has 3 aromatic rings. The van der Waals surface area contributed by atoms with Crippen molar-refractivity contribution >= 4 is 38.7 Å². The first-order valence-electron chi connectivity index (χ1n) is 10.3. The normalized spacial score (nSPS) is 16.5. The molecule has 2 aromatic heterocycles. The molecule has 7 nitrogen and oxygen atoms in total. The van der Waals surface area contributed by atoms with Crippen LogP contribution < -0.4 is 10.2 Å². The molecule has 162 valence electrons. The largest absolute Gasteiger partial charge is 0.468 e. The van der Waals surface area contributed by atoms with Gasteiger partial charge in [0.15, 0.2) is 10.8 Å². The predicted octanol–water partition coefficient (Wildman–Crippen LogP) is 3.43. The third-order valence-corrected chi connectivity index (χ3v) is 6.79. The van der Waals surface area contributed by atoms with Crippen LogP contribution in [-0.2, 0) is 26.3 Å². The second-order valence-electron chi connectivity index (χ2n) is 8.21. The molecule has 1 atom stereocenters. The summed E-state index contributed by atoms with van der Waals surface area (Å²) in [5.74, 6) is -0.297. The lowest BCUT2D eigenvalue weighted by Gasteiger charge is -2.23. The summed E-state index contributed by atoms with van der Waals surface area (Å²) in [6.45, 7) is 4.93. The van der Waals surface area contributed by atoms with Gasteiger partial charge in [0.25, 0.3) is 0 Å². The molecule has 0 saturated carbocycles. The SMILES string of the molecule is COC(=O)C(C)(C)c1cnc2nc(N3CCC[C@@H]3C(=O)NCc3ccccc3)sc2c1. The number of rotatable bonds is 6. The van der Waals surface area contributed by atoms with E-state index in [1.165, 1.54) is 18.4 Å². The number of carbonyl (C=O) groups excluding carboxylic acids is 2. The zero-order valence-corrected chi connectivity index (χ0v) is 18.7. The molecule has 0 unspecified atom stereocenters. The first-order chi connectivity index (χ1) is 14.9. The summed E-state index contributed by atoms with van der Waals surface area (Å²) >= 11 is 1.50. The van der Waals surface area contributed by atoms with Gasteiger partial charge in [0.2, 0.25) is 5.91 Å². The highest BCUT2D eigenvalue weighted by Gasteiger charge is 2.34. The minimum absolute atomic E-state index is 0.0149. The van der Waals surface area contributed by atoms with E-state index >= 15 is 0 Å². The van der Waals surface area contributed by atoms with Crippen LogP contribution in [0.2, 0.25) is 0 Å². The van der Waals surface area contributed by atoms with E-state index in [2.05, 4.69) is 20.2 Å². The van der Waals surface area contributed by atoms with Gasteiger partial charge < -0.3 is 15.0 Å². The van der Waals surface area contributed by atoms with E-state index in [-0.39, 0.29) is 17.9 Å². The van der Waals surface area contributed by atoms with Crippen molar-refractivity contribution in [3.63, 3.8) is 0 Å². The Kier molecular flexibility index (Phi) is 5.91. The number of anilines is 1. The summed E-state index contributed by atoms with van der Waals surface area (Å²) in [5.41, 5.74) is 1.68. The Balaban J connectivity index is 1.53. The van der Waals surface area contributed by atoms with Crippen molar-refractivity contribution in [2.45, 2.75) is 44.7 Å². The number of nitrogens with one attached hydrogen (secondary N) is 1. The predicted molar refractivity (Wildman–Crippen MR) is 121 cm³/mol. The van der Waals surface area contributed by atoms with Crippen molar-refractivity contribution in [1.82, 2.24) is 15.3 Å². The van der Waals surface area contributed by atoms with E-state index in [0.717, 1.165) is 40.3 Å². The Labute approximate surface area is 185 Å². The second-order valence-corrected chi connectivity index (χ2v) is 9.22. The Morgan fingerprint density at radius 1 is 1.29 bits per heavy atom. The number of benzene rings is 1. The lowest BCUT2D eigenvalue weighted by molar-refractivity contribution is -0.146. The highest BCUT2D eigenvalue weighted by molar-refractivity contribution is 7.22. The molecular weight excluding hydrogens is 412 g/mol. The number of nitrogens with zero attached hydrogens (tertiary/aromatic N) is 3.